The van der Waals surface area contributed by atoms with E-state index in [0.717, 1.165) is 29.8 Å². The number of carbonyl (C=O) groups excluding carboxylic acids is 2. The van der Waals surface area contributed by atoms with Crippen LogP contribution in [0.4, 0.5) is 0 Å². The van der Waals surface area contributed by atoms with Crippen LogP contribution >= 0.6 is 0 Å². The number of carbonyl (C=O) groups is 2. The highest BCUT2D eigenvalue weighted by Gasteiger charge is 2.19. The average molecular weight is 366 g/mol. The second-order valence-electron chi connectivity index (χ2n) is 6.92. The zero-order valence-electron chi connectivity index (χ0n) is 16.0. The van der Waals surface area contributed by atoms with Gasteiger partial charge in [-0.2, -0.15) is 0 Å². The Morgan fingerprint density at radius 1 is 1.15 bits per heavy atom. The number of hydrogen-bond donors (Lipinski definition) is 1. The minimum atomic E-state index is -0.122. The lowest BCUT2D eigenvalue weighted by atomic mass is 10.1. The fourth-order valence-electron chi connectivity index (χ4n) is 3.16. The summed E-state index contributed by atoms with van der Waals surface area (Å²) in [5, 5.41) is 2.87. The molecule has 5 nitrogen and oxygen atoms in total. The minimum Gasteiger partial charge on any atom is -0.491 e. The number of nitrogens with zero attached hydrogens (tertiary/aromatic N) is 1. The van der Waals surface area contributed by atoms with Gasteiger partial charge < -0.3 is 15.0 Å². The van der Waals surface area contributed by atoms with Crippen LogP contribution in [-0.2, 0) is 11.3 Å². The average Bonchev–Trinajstić information content (AvgIpc) is 3.07. The summed E-state index contributed by atoms with van der Waals surface area (Å²) in [6.45, 7) is 6.38. The van der Waals surface area contributed by atoms with Gasteiger partial charge in [0.05, 0.1) is 6.54 Å². The van der Waals surface area contributed by atoms with Crippen molar-refractivity contribution in [3.8, 4) is 5.75 Å². The Kier molecular flexibility index (Phi) is 6.12. The van der Waals surface area contributed by atoms with Crippen molar-refractivity contribution >= 4 is 11.8 Å². The fraction of sp³-hybridized carbons (Fsp3) is 0.364. The summed E-state index contributed by atoms with van der Waals surface area (Å²) >= 11 is 0. The van der Waals surface area contributed by atoms with Crippen LogP contribution in [0.25, 0.3) is 0 Å². The SMILES string of the molecule is Cc1cccc(OCCNC(=O)c2ccc(CN3CCCC3=O)cc2)c1C. The van der Waals surface area contributed by atoms with E-state index >= 15 is 0 Å². The van der Waals surface area contributed by atoms with Crippen molar-refractivity contribution in [3.63, 3.8) is 0 Å². The smallest absolute Gasteiger partial charge is 0.251 e. The van der Waals surface area contributed by atoms with Gasteiger partial charge in [0, 0.05) is 25.1 Å². The lowest BCUT2D eigenvalue weighted by Gasteiger charge is -2.15. The van der Waals surface area contributed by atoms with Crippen molar-refractivity contribution in [2.24, 2.45) is 0 Å². The maximum absolute atomic E-state index is 12.3. The number of aryl methyl sites for hydroxylation is 1. The molecule has 1 aliphatic heterocycles. The normalized spacial score (nSPS) is 13.7. The van der Waals surface area contributed by atoms with Gasteiger partial charge in [0.25, 0.3) is 5.91 Å². The molecule has 0 aromatic heterocycles. The van der Waals surface area contributed by atoms with Crippen LogP contribution in [-0.4, -0.2) is 36.4 Å². The summed E-state index contributed by atoms with van der Waals surface area (Å²) in [7, 11) is 0. The van der Waals surface area contributed by atoms with E-state index in [1.165, 1.54) is 5.56 Å². The van der Waals surface area contributed by atoms with Crippen molar-refractivity contribution in [2.45, 2.75) is 33.2 Å². The number of benzene rings is 2. The third-order valence-electron chi connectivity index (χ3n) is 4.96. The maximum atomic E-state index is 12.3. The molecule has 3 rings (SSSR count). The third kappa shape index (κ3) is 4.88. The Morgan fingerprint density at radius 3 is 2.63 bits per heavy atom. The first kappa shape index (κ1) is 19.0. The molecule has 0 aliphatic carbocycles. The molecule has 27 heavy (non-hydrogen) atoms. The van der Waals surface area contributed by atoms with Crippen LogP contribution in [0.3, 0.4) is 0 Å². The monoisotopic (exact) mass is 366 g/mol. The van der Waals surface area contributed by atoms with E-state index in [9.17, 15) is 9.59 Å². The summed E-state index contributed by atoms with van der Waals surface area (Å²) in [6, 6.07) is 13.4. The van der Waals surface area contributed by atoms with E-state index in [1.54, 1.807) is 12.1 Å². The molecule has 2 aromatic rings. The lowest BCUT2D eigenvalue weighted by molar-refractivity contribution is -0.128. The Hall–Kier alpha value is -2.82. The Bertz CT molecular complexity index is 815. The van der Waals surface area contributed by atoms with Crippen LogP contribution in [0.2, 0.25) is 0 Å². The predicted octanol–water partition coefficient (Wildman–Crippen LogP) is 3.23. The van der Waals surface area contributed by atoms with Crippen molar-refractivity contribution in [1.29, 1.82) is 0 Å². The van der Waals surface area contributed by atoms with Crippen molar-refractivity contribution in [3.05, 3.63) is 64.7 Å². The molecule has 0 bridgehead atoms. The van der Waals surface area contributed by atoms with Crippen LogP contribution in [0, 0.1) is 13.8 Å². The van der Waals surface area contributed by atoms with Gasteiger partial charge >= 0.3 is 0 Å². The molecule has 5 heteroatoms. The molecule has 1 fully saturated rings. The predicted molar refractivity (Wildman–Crippen MR) is 105 cm³/mol. The van der Waals surface area contributed by atoms with E-state index in [2.05, 4.69) is 5.32 Å². The van der Waals surface area contributed by atoms with Gasteiger partial charge in [0.1, 0.15) is 12.4 Å². The van der Waals surface area contributed by atoms with E-state index in [1.807, 2.05) is 49.1 Å². The van der Waals surface area contributed by atoms with Crippen molar-refractivity contribution < 1.29 is 14.3 Å². The standard InChI is InChI=1S/C22H26N2O3/c1-16-5-3-6-20(17(16)2)27-14-12-23-22(26)19-10-8-18(9-11-19)15-24-13-4-7-21(24)25/h3,5-6,8-11H,4,7,12-15H2,1-2H3,(H,23,26). The number of ether oxygens (including phenoxy) is 1. The Balaban J connectivity index is 1.45. The van der Waals surface area contributed by atoms with Crippen LogP contribution in [0.1, 0.15) is 39.9 Å². The zero-order valence-corrected chi connectivity index (χ0v) is 16.0. The molecule has 0 radical (unpaired) electrons. The molecule has 0 unspecified atom stereocenters. The van der Waals surface area contributed by atoms with Gasteiger partial charge in [-0.25, -0.2) is 0 Å². The first-order valence-electron chi connectivity index (χ1n) is 9.38. The second-order valence-corrected chi connectivity index (χ2v) is 6.92. The molecule has 142 valence electrons. The molecule has 0 atom stereocenters. The number of amides is 2. The van der Waals surface area contributed by atoms with Crippen molar-refractivity contribution in [2.75, 3.05) is 19.7 Å². The van der Waals surface area contributed by atoms with Gasteiger partial charge in [-0.1, -0.05) is 24.3 Å². The fourth-order valence-corrected chi connectivity index (χ4v) is 3.16. The van der Waals surface area contributed by atoms with Gasteiger partial charge in [-0.05, 0) is 55.2 Å². The molecular formula is C22H26N2O3. The summed E-state index contributed by atoms with van der Waals surface area (Å²) in [5.74, 6) is 0.939. The summed E-state index contributed by atoms with van der Waals surface area (Å²) in [4.78, 5) is 25.8. The number of rotatable bonds is 7. The summed E-state index contributed by atoms with van der Waals surface area (Å²) in [5.41, 5.74) is 3.96. The molecule has 1 saturated heterocycles. The molecule has 1 N–H and O–H groups in total. The molecule has 0 spiro atoms. The first-order valence-corrected chi connectivity index (χ1v) is 9.38. The van der Waals surface area contributed by atoms with E-state index in [0.29, 0.717) is 31.7 Å². The van der Waals surface area contributed by atoms with Crippen LogP contribution < -0.4 is 10.1 Å². The van der Waals surface area contributed by atoms with Gasteiger partial charge in [0.2, 0.25) is 5.91 Å². The lowest BCUT2D eigenvalue weighted by Crippen LogP contribution is -2.28. The Labute approximate surface area is 160 Å². The van der Waals surface area contributed by atoms with E-state index in [-0.39, 0.29) is 11.8 Å². The van der Waals surface area contributed by atoms with Crippen LogP contribution in [0.5, 0.6) is 5.75 Å². The van der Waals surface area contributed by atoms with Gasteiger partial charge in [0.15, 0.2) is 0 Å². The first-order chi connectivity index (χ1) is 13.0. The van der Waals surface area contributed by atoms with Crippen LogP contribution in [0.15, 0.2) is 42.5 Å². The maximum Gasteiger partial charge on any atom is 0.251 e. The van der Waals surface area contributed by atoms with Crippen molar-refractivity contribution in [1.82, 2.24) is 10.2 Å². The van der Waals surface area contributed by atoms with E-state index < -0.39 is 0 Å². The molecule has 2 aromatic carbocycles. The number of nitrogens with one attached hydrogen (secondary N) is 1. The summed E-state index contributed by atoms with van der Waals surface area (Å²) < 4.78 is 5.76. The number of likely N-dealkylation sites (tertiary alicyclic amines) is 1. The minimum absolute atomic E-state index is 0.122. The molecular weight excluding hydrogens is 340 g/mol. The van der Waals surface area contributed by atoms with E-state index in [4.69, 9.17) is 4.74 Å². The Morgan fingerprint density at radius 2 is 1.93 bits per heavy atom. The van der Waals surface area contributed by atoms with Gasteiger partial charge in [-0.15, -0.1) is 0 Å². The topological polar surface area (TPSA) is 58.6 Å². The highest BCUT2D eigenvalue weighted by molar-refractivity contribution is 5.94. The summed E-state index contributed by atoms with van der Waals surface area (Å²) in [6.07, 6.45) is 1.58. The molecule has 1 heterocycles. The second kappa shape index (κ2) is 8.71. The zero-order chi connectivity index (χ0) is 19.2. The quantitative estimate of drug-likeness (QED) is 0.766. The number of hydrogen-bond acceptors (Lipinski definition) is 3. The highest BCUT2D eigenvalue weighted by atomic mass is 16.5. The molecule has 1 aliphatic rings. The molecule has 2 amide bonds. The van der Waals surface area contributed by atoms with Gasteiger partial charge in [-0.3, -0.25) is 9.59 Å². The largest absolute Gasteiger partial charge is 0.491 e. The third-order valence-corrected chi connectivity index (χ3v) is 4.96. The molecule has 0 saturated carbocycles. The highest BCUT2D eigenvalue weighted by Crippen LogP contribution is 2.20.